The quantitative estimate of drug-likeness (QED) is 0.177. The van der Waals surface area contributed by atoms with Gasteiger partial charge in [-0.1, -0.05) is 96.8 Å². The lowest BCUT2D eigenvalue weighted by atomic mass is 10.0. The summed E-state index contributed by atoms with van der Waals surface area (Å²) in [5.74, 6) is 0. The zero-order valence-electron chi connectivity index (χ0n) is 18.5. The molecule has 0 aliphatic rings. The van der Waals surface area contributed by atoms with Gasteiger partial charge in [0.05, 0.1) is 21.1 Å². The van der Waals surface area contributed by atoms with Crippen LogP contribution in [0.4, 0.5) is 0 Å². The zero-order valence-corrected chi connectivity index (χ0v) is 19.4. The van der Waals surface area contributed by atoms with E-state index in [-0.39, 0.29) is 0 Å². The fourth-order valence-corrected chi connectivity index (χ4v) is 4.09. The molecule has 0 radical (unpaired) electrons. The molecule has 1 N–H and O–H groups in total. The third kappa shape index (κ3) is 22.2. The van der Waals surface area contributed by atoms with Crippen LogP contribution in [-0.2, 0) is 9.09 Å². The van der Waals surface area contributed by atoms with Crippen LogP contribution in [0.3, 0.4) is 0 Å². The average Bonchev–Trinajstić information content (AvgIpc) is 2.52. The number of unbranched alkanes of at least 4 members (excludes halogenated alkanes) is 13. The number of phosphoric acid groups is 1. The second kappa shape index (κ2) is 15.9. The lowest BCUT2D eigenvalue weighted by Gasteiger charge is -2.31. The van der Waals surface area contributed by atoms with Crippen LogP contribution < -0.4 is 4.89 Å². The Morgan fingerprint density at radius 3 is 1.52 bits per heavy atom. The highest BCUT2D eigenvalue weighted by atomic mass is 31.2. The van der Waals surface area contributed by atoms with E-state index in [1.807, 2.05) is 21.1 Å². The Balaban J connectivity index is 3.58. The maximum atomic E-state index is 11.0. The van der Waals surface area contributed by atoms with Crippen molar-refractivity contribution in [1.29, 1.82) is 0 Å². The van der Waals surface area contributed by atoms with E-state index >= 15 is 0 Å². The summed E-state index contributed by atoms with van der Waals surface area (Å²) < 4.78 is 16.5. The van der Waals surface area contributed by atoms with Crippen LogP contribution in [0.1, 0.15) is 103 Å². The lowest BCUT2D eigenvalue weighted by Crippen LogP contribution is -2.42. The van der Waals surface area contributed by atoms with Crippen molar-refractivity contribution in [1.82, 2.24) is 0 Å². The zero-order chi connectivity index (χ0) is 20.6. The fraction of sp³-hybridized carbons (Fsp3) is 1.00. The number of rotatable bonds is 19. The van der Waals surface area contributed by atoms with E-state index in [0.717, 1.165) is 12.8 Å². The molecular formula is C21H46NO4P. The smallest absolute Gasteiger partial charge is 0.265 e. The summed E-state index contributed by atoms with van der Waals surface area (Å²) in [7, 11) is 1.33. The first-order valence-corrected chi connectivity index (χ1v) is 12.7. The van der Waals surface area contributed by atoms with Gasteiger partial charge in [-0.3, -0.25) is 4.57 Å². The van der Waals surface area contributed by atoms with Crippen LogP contribution in [0.25, 0.3) is 0 Å². The third-order valence-electron chi connectivity index (χ3n) is 4.91. The second-order valence-corrected chi connectivity index (χ2v) is 10.2. The maximum absolute atomic E-state index is 11.0. The van der Waals surface area contributed by atoms with Crippen LogP contribution in [0, 0.1) is 0 Å². The van der Waals surface area contributed by atoms with E-state index in [4.69, 9.17) is 9.42 Å². The Labute approximate surface area is 168 Å². The number of likely N-dealkylation sites (N-methyl/N-ethyl adjacent to an activating group) is 1. The van der Waals surface area contributed by atoms with Crippen LogP contribution >= 0.6 is 7.82 Å². The number of hydrogen-bond acceptors (Lipinski definition) is 3. The Morgan fingerprint density at radius 2 is 1.19 bits per heavy atom. The summed E-state index contributed by atoms with van der Waals surface area (Å²) in [5, 5.41) is 0. The number of phosphoric ester groups is 1. The van der Waals surface area contributed by atoms with Crippen molar-refractivity contribution in [2.45, 2.75) is 109 Å². The number of hydrogen-bond donors (Lipinski definition) is 1. The van der Waals surface area contributed by atoms with E-state index in [0.29, 0.717) is 17.4 Å². The van der Waals surface area contributed by atoms with E-state index in [1.165, 1.54) is 77.0 Å². The standard InChI is InChI=1S/C21H46NO4P/c1-5-6-7-8-9-10-11-12-13-14-15-16-17-18-19-21(20-22(2,3)4)26-27(23,24)25/h21H,5-20H2,1-4H3,(H-,23,24,25). The Bertz CT molecular complexity index is 379. The van der Waals surface area contributed by atoms with Gasteiger partial charge in [0.2, 0.25) is 0 Å². The summed E-state index contributed by atoms with van der Waals surface area (Å²) in [4.78, 5) is 20.0. The summed E-state index contributed by atoms with van der Waals surface area (Å²) >= 11 is 0. The lowest BCUT2D eigenvalue weighted by molar-refractivity contribution is -0.873. The first-order valence-electron chi connectivity index (χ1n) is 11.2. The molecule has 164 valence electrons. The van der Waals surface area contributed by atoms with Crippen molar-refractivity contribution in [3.05, 3.63) is 0 Å². The van der Waals surface area contributed by atoms with Gasteiger partial charge < -0.3 is 18.8 Å². The molecule has 0 aromatic heterocycles. The largest absolute Gasteiger partial charge is 0.756 e. The van der Waals surface area contributed by atoms with Crippen molar-refractivity contribution in [3.8, 4) is 0 Å². The van der Waals surface area contributed by atoms with Crippen LogP contribution in [0.15, 0.2) is 0 Å². The minimum atomic E-state index is -4.66. The van der Waals surface area contributed by atoms with Crippen LogP contribution in [0.5, 0.6) is 0 Å². The fourth-order valence-electron chi connectivity index (χ4n) is 3.54. The molecule has 0 fully saturated rings. The molecule has 0 rings (SSSR count). The van der Waals surface area contributed by atoms with E-state index < -0.39 is 13.9 Å². The van der Waals surface area contributed by atoms with E-state index in [9.17, 15) is 9.46 Å². The molecule has 2 unspecified atom stereocenters. The normalized spacial score (nSPS) is 15.6. The first kappa shape index (κ1) is 27.1. The molecule has 0 aromatic carbocycles. The molecule has 0 heterocycles. The van der Waals surface area contributed by atoms with Crippen molar-refractivity contribution < 1.29 is 23.4 Å². The Hall–Kier alpha value is 0.0700. The van der Waals surface area contributed by atoms with Gasteiger partial charge in [0.25, 0.3) is 7.82 Å². The molecule has 0 saturated carbocycles. The second-order valence-electron chi connectivity index (χ2n) is 9.05. The predicted molar refractivity (Wildman–Crippen MR) is 113 cm³/mol. The Kier molecular flexibility index (Phi) is 16.0. The first-order chi connectivity index (χ1) is 12.6. The molecule has 6 heteroatoms. The minimum absolute atomic E-state index is 0.435. The SMILES string of the molecule is CCCCCCCCCCCCCCCCC(C[N+](C)(C)C)OP(=O)([O-])O. The minimum Gasteiger partial charge on any atom is -0.756 e. The van der Waals surface area contributed by atoms with Crippen molar-refractivity contribution in [2.75, 3.05) is 27.7 Å². The predicted octanol–water partition coefficient (Wildman–Crippen LogP) is 5.41. The monoisotopic (exact) mass is 407 g/mol. The molecule has 0 aliphatic carbocycles. The molecule has 0 amide bonds. The van der Waals surface area contributed by atoms with Crippen LogP contribution in [0.2, 0.25) is 0 Å². The molecule has 2 atom stereocenters. The Morgan fingerprint density at radius 1 is 0.815 bits per heavy atom. The number of quaternary nitrogens is 1. The van der Waals surface area contributed by atoms with Gasteiger partial charge in [0.1, 0.15) is 12.6 Å². The topological polar surface area (TPSA) is 69.6 Å². The van der Waals surface area contributed by atoms with Crippen molar-refractivity contribution in [3.63, 3.8) is 0 Å². The molecule has 0 bridgehead atoms. The summed E-state index contributed by atoms with van der Waals surface area (Å²) in [6, 6.07) is 0. The molecule has 27 heavy (non-hydrogen) atoms. The highest BCUT2D eigenvalue weighted by Gasteiger charge is 2.22. The molecule has 5 nitrogen and oxygen atoms in total. The highest BCUT2D eigenvalue weighted by Crippen LogP contribution is 2.34. The van der Waals surface area contributed by atoms with E-state index in [2.05, 4.69) is 6.92 Å². The summed E-state index contributed by atoms with van der Waals surface area (Å²) in [6.07, 6.45) is 18.5. The van der Waals surface area contributed by atoms with Gasteiger partial charge in [-0.05, 0) is 6.42 Å². The van der Waals surface area contributed by atoms with Gasteiger partial charge in [-0.25, -0.2) is 0 Å². The molecule has 0 aliphatic heterocycles. The van der Waals surface area contributed by atoms with Gasteiger partial charge in [0.15, 0.2) is 0 Å². The molecule has 0 spiro atoms. The highest BCUT2D eigenvalue weighted by molar-refractivity contribution is 7.44. The van der Waals surface area contributed by atoms with E-state index in [1.54, 1.807) is 0 Å². The number of nitrogens with zero attached hydrogens (tertiary/aromatic N) is 1. The van der Waals surface area contributed by atoms with Crippen LogP contribution in [-0.4, -0.2) is 43.2 Å². The summed E-state index contributed by atoms with van der Waals surface area (Å²) in [5.41, 5.74) is 0. The van der Waals surface area contributed by atoms with Gasteiger partial charge in [-0.15, -0.1) is 0 Å². The average molecular weight is 408 g/mol. The third-order valence-corrected chi connectivity index (χ3v) is 5.48. The van der Waals surface area contributed by atoms with Crippen molar-refractivity contribution in [2.24, 2.45) is 0 Å². The molecule has 0 saturated heterocycles. The maximum Gasteiger partial charge on any atom is 0.265 e. The van der Waals surface area contributed by atoms with Gasteiger partial charge >= 0.3 is 0 Å². The van der Waals surface area contributed by atoms with Gasteiger partial charge in [0, 0.05) is 0 Å². The molecule has 0 aromatic rings. The summed E-state index contributed by atoms with van der Waals surface area (Å²) in [6.45, 7) is 2.84. The molecular weight excluding hydrogens is 361 g/mol. The van der Waals surface area contributed by atoms with Crippen molar-refractivity contribution >= 4 is 7.82 Å². The van der Waals surface area contributed by atoms with Gasteiger partial charge in [-0.2, -0.15) is 0 Å².